The number of nitrogens with zero attached hydrogens (tertiary/aromatic N) is 3. The molecule has 0 aromatic heterocycles. The highest BCUT2D eigenvalue weighted by molar-refractivity contribution is 5.67. The molecule has 240 valence electrons. The number of aliphatic hydroxyl groups is 4. The lowest BCUT2D eigenvalue weighted by Gasteiger charge is -2.10. The second-order valence-electron chi connectivity index (χ2n) is 8.54. The molecule has 18 nitrogen and oxygen atoms in total. The molecule has 0 saturated carbocycles. The molecule has 3 aromatic carbocycles. The summed E-state index contributed by atoms with van der Waals surface area (Å²) < 4.78 is 0. The van der Waals surface area contributed by atoms with Crippen LogP contribution < -0.4 is 16.4 Å². The van der Waals surface area contributed by atoms with Gasteiger partial charge in [-0.3, -0.25) is 30.3 Å². The van der Waals surface area contributed by atoms with Gasteiger partial charge in [-0.25, -0.2) is 0 Å². The third kappa shape index (κ3) is 11.2. The van der Waals surface area contributed by atoms with Crippen molar-refractivity contribution in [2.75, 3.05) is 55.9 Å². The fourth-order valence-corrected chi connectivity index (χ4v) is 3.68. The predicted molar refractivity (Wildman–Crippen MR) is 160 cm³/mol. The lowest BCUT2D eigenvalue weighted by molar-refractivity contribution is -0.386. The fraction of sp³-hybridized carbons (Fsp3) is 0.308. The van der Waals surface area contributed by atoms with E-state index >= 15 is 0 Å². The van der Waals surface area contributed by atoms with E-state index in [9.17, 15) is 35.4 Å². The quantitative estimate of drug-likeness (QED) is 0.0430. The van der Waals surface area contributed by atoms with Gasteiger partial charge in [-0.1, -0.05) is 12.1 Å². The van der Waals surface area contributed by atoms with E-state index in [4.69, 9.17) is 31.3 Å². The van der Waals surface area contributed by atoms with Gasteiger partial charge in [-0.15, -0.1) is 0 Å². The van der Waals surface area contributed by atoms with Crippen LogP contribution >= 0.6 is 0 Å². The SMILES string of the molecule is Nc1cc(CCO)c([N+](=O)[O-])c(CCO)c1O.O=[N+]([O-])c1cc(O)ccc1NCCO.O=[N+]([O-])c1ccccc1NCCO. The van der Waals surface area contributed by atoms with Crippen LogP contribution in [0.3, 0.4) is 0 Å². The van der Waals surface area contributed by atoms with E-state index in [0.717, 1.165) is 6.07 Å². The minimum absolute atomic E-state index is 0.000880. The van der Waals surface area contributed by atoms with E-state index < -0.39 is 14.8 Å². The number of aliphatic hydroxyl groups excluding tert-OH is 4. The Hall–Kier alpha value is -5.30. The smallest absolute Gasteiger partial charge is 0.296 e. The number of anilines is 3. The molecule has 0 spiro atoms. The molecule has 0 radical (unpaired) electrons. The van der Waals surface area contributed by atoms with Crippen LogP contribution in [0.2, 0.25) is 0 Å². The summed E-state index contributed by atoms with van der Waals surface area (Å²) in [4.78, 5) is 30.3. The van der Waals surface area contributed by atoms with Crippen molar-refractivity contribution in [3.63, 3.8) is 0 Å². The Morgan fingerprint density at radius 1 is 0.682 bits per heavy atom. The second-order valence-corrected chi connectivity index (χ2v) is 8.54. The molecule has 0 aliphatic carbocycles. The average molecular weight is 623 g/mol. The number of hydrogen-bond acceptors (Lipinski definition) is 15. The largest absolute Gasteiger partial charge is 0.508 e. The van der Waals surface area contributed by atoms with Crippen LogP contribution in [0.1, 0.15) is 11.1 Å². The number of nitro benzene ring substituents is 3. The molecule has 0 fully saturated rings. The number of phenols is 2. The van der Waals surface area contributed by atoms with E-state index in [0.29, 0.717) is 12.2 Å². The summed E-state index contributed by atoms with van der Waals surface area (Å²) in [6.07, 6.45) is 0.00480. The van der Waals surface area contributed by atoms with Crippen molar-refractivity contribution >= 4 is 34.1 Å². The highest BCUT2D eigenvalue weighted by Crippen LogP contribution is 2.37. The summed E-state index contributed by atoms with van der Waals surface area (Å²) >= 11 is 0. The first-order valence-corrected chi connectivity index (χ1v) is 12.8. The van der Waals surface area contributed by atoms with Gasteiger partial charge >= 0.3 is 0 Å². The maximum absolute atomic E-state index is 10.9. The van der Waals surface area contributed by atoms with Crippen molar-refractivity contribution in [3.8, 4) is 11.5 Å². The second kappa shape index (κ2) is 19.0. The van der Waals surface area contributed by atoms with E-state index in [1.165, 1.54) is 24.3 Å². The van der Waals surface area contributed by atoms with Crippen LogP contribution in [0.5, 0.6) is 11.5 Å². The number of nitrogens with two attached hydrogens (primary N) is 1. The van der Waals surface area contributed by atoms with Gasteiger partial charge in [0.2, 0.25) is 0 Å². The number of nitro groups is 3. The minimum Gasteiger partial charge on any atom is -0.508 e. The number of nitrogens with one attached hydrogen (secondary N) is 2. The van der Waals surface area contributed by atoms with Crippen LogP contribution in [-0.4, -0.2) is 84.9 Å². The molecule has 0 saturated heterocycles. The van der Waals surface area contributed by atoms with Crippen LogP contribution in [0.25, 0.3) is 0 Å². The maximum atomic E-state index is 10.9. The molecular weight excluding hydrogens is 588 g/mol. The Labute approximate surface area is 250 Å². The van der Waals surface area contributed by atoms with Gasteiger partial charge in [-0.05, 0) is 24.3 Å². The van der Waals surface area contributed by atoms with Crippen LogP contribution in [0, 0.1) is 30.3 Å². The van der Waals surface area contributed by atoms with Gasteiger partial charge < -0.3 is 47.0 Å². The highest BCUT2D eigenvalue weighted by Gasteiger charge is 2.24. The third-order valence-corrected chi connectivity index (χ3v) is 5.54. The summed E-state index contributed by atoms with van der Waals surface area (Å²) in [7, 11) is 0. The zero-order valence-electron chi connectivity index (χ0n) is 23.3. The topological polar surface area (TPSA) is 301 Å². The summed E-state index contributed by atoms with van der Waals surface area (Å²) in [5.41, 5.74) is 6.00. The van der Waals surface area contributed by atoms with Crippen LogP contribution in [0.4, 0.5) is 34.1 Å². The molecule has 0 heterocycles. The Morgan fingerprint density at radius 2 is 1.23 bits per heavy atom. The number of para-hydroxylation sites is 2. The molecule has 0 unspecified atom stereocenters. The number of benzene rings is 3. The number of rotatable bonds is 13. The molecule has 44 heavy (non-hydrogen) atoms. The zero-order valence-corrected chi connectivity index (χ0v) is 23.3. The van der Waals surface area contributed by atoms with E-state index in [2.05, 4.69) is 10.6 Å². The van der Waals surface area contributed by atoms with E-state index in [1.807, 2.05) is 0 Å². The van der Waals surface area contributed by atoms with Gasteiger partial charge in [0.15, 0.2) is 0 Å². The Balaban J connectivity index is 0.000000333. The molecule has 18 heteroatoms. The molecule has 0 amide bonds. The maximum Gasteiger partial charge on any atom is 0.296 e. The first kappa shape index (κ1) is 36.7. The molecule has 10 N–H and O–H groups in total. The zero-order chi connectivity index (χ0) is 33.2. The summed E-state index contributed by atoms with van der Waals surface area (Å²) in [5, 5.41) is 90.8. The number of aromatic hydroxyl groups is 2. The first-order chi connectivity index (χ1) is 20.9. The Kier molecular flexibility index (Phi) is 15.9. The molecule has 0 bridgehead atoms. The summed E-state index contributed by atoms with van der Waals surface area (Å²) in [6.45, 7) is -0.222. The van der Waals surface area contributed by atoms with Crippen molar-refractivity contribution in [2.24, 2.45) is 0 Å². The molecule has 0 atom stereocenters. The number of phenolic OH excluding ortho intramolecular Hbond substituents is 2. The Morgan fingerprint density at radius 3 is 1.73 bits per heavy atom. The first-order valence-electron chi connectivity index (χ1n) is 12.8. The lowest BCUT2D eigenvalue weighted by Crippen LogP contribution is -2.07. The number of hydrogen-bond donors (Lipinski definition) is 9. The normalized spacial score (nSPS) is 10.0. The molecule has 0 aliphatic rings. The monoisotopic (exact) mass is 622 g/mol. The average Bonchev–Trinajstić information content (AvgIpc) is 2.98. The third-order valence-electron chi connectivity index (χ3n) is 5.54. The lowest BCUT2D eigenvalue weighted by atomic mass is 10.00. The van der Waals surface area contributed by atoms with Crippen molar-refractivity contribution in [1.82, 2.24) is 0 Å². The molecule has 3 rings (SSSR count). The molecule has 0 aliphatic heterocycles. The molecule has 3 aromatic rings. The van der Waals surface area contributed by atoms with Crippen molar-refractivity contribution < 1.29 is 45.4 Å². The molecular formula is C26H34N6O12. The van der Waals surface area contributed by atoms with E-state index in [-0.39, 0.29) is 96.9 Å². The van der Waals surface area contributed by atoms with Crippen molar-refractivity contribution in [3.05, 3.63) is 90.0 Å². The highest BCUT2D eigenvalue weighted by atomic mass is 16.6. The predicted octanol–water partition coefficient (Wildman–Crippen LogP) is 1.66. The fourth-order valence-electron chi connectivity index (χ4n) is 3.68. The van der Waals surface area contributed by atoms with Gasteiger partial charge in [0.05, 0.1) is 45.3 Å². The van der Waals surface area contributed by atoms with Crippen molar-refractivity contribution in [2.45, 2.75) is 12.8 Å². The Bertz CT molecular complexity index is 1410. The van der Waals surface area contributed by atoms with Gasteiger partial charge in [0.1, 0.15) is 22.9 Å². The van der Waals surface area contributed by atoms with Crippen molar-refractivity contribution in [1.29, 1.82) is 0 Å². The van der Waals surface area contributed by atoms with E-state index in [1.54, 1.807) is 18.2 Å². The standard InChI is InChI=1S/C10H14N2O5.C8H10N2O4.C8H10N2O3/c11-8-5-6(1-3-13)9(12(16)17)7(2-4-14)10(8)15;11-4-3-9-7-2-1-6(12)5-8(7)10(13)14;11-6-5-9-7-3-1-2-4-8(7)10(12)13/h5,13-15H,1-4,11H2;1-2,5,9,11-12H,3-4H2;1-4,9,11H,5-6H2. The summed E-state index contributed by atoms with van der Waals surface area (Å²) in [6, 6.07) is 11.4. The van der Waals surface area contributed by atoms with Crippen LogP contribution in [0.15, 0.2) is 48.5 Å². The van der Waals surface area contributed by atoms with Gasteiger partial charge in [0, 0.05) is 50.8 Å². The summed E-state index contributed by atoms with van der Waals surface area (Å²) in [5.74, 6) is -0.543. The minimum atomic E-state index is -0.644. The van der Waals surface area contributed by atoms with Gasteiger partial charge in [-0.2, -0.15) is 0 Å². The van der Waals surface area contributed by atoms with Gasteiger partial charge in [0.25, 0.3) is 17.1 Å². The van der Waals surface area contributed by atoms with Crippen LogP contribution in [-0.2, 0) is 12.8 Å². The number of nitrogen functional groups attached to an aromatic ring is 1.